The van der Waals surface area contributed by atoms with Gasteiger partial charge in [-0.2, -0.15) is 0 Å². The van der Waals surface area contributed by atoms with E-state index in [0.29, 0.717) is 0 Å². The Morgan fingerprint density at radius 1 is 1.56 bits per heavy atom. The van der Waals surface area contributed by atoms with E-state index in [1.54, 1.807) is 0 Å². The van der Waals surface area contributed by atoms with Crippen molar-refractivity contribution in [2.24, 2.45) is 0 Å². The molecule has 1 saturated heterocycles. The molecule has 0 aromatic heterocycles. The van der Waals surface area contributed by atoms with Crippen LogP contribution in [0.25, 0.3) is 0 Å². The third-order valence-electron chi connectivity index (χ3n) is 2.71. The van der Waals surface area contributed by atoms with Crippen LogP contribution in [0, 0.1) is 6.92 Å². The summed E-state index contributed by atoms with van der Waals surface area (Å²) in [4.78, 5) is 0. The molecule has 0 radical (unpaired) electrons. The minimum atomic E-state index is 0.244. The van der Waals surface area contributed by atoms with E-state index in [0.717, 1.165) is 42.5 Å². The summed E-state index contributed by atoms with van der Waals surface area (Å²) in [6.07, 6.45) is 0.244. The summed E-state index contributed by atoms with van der Waals surface area (Å²) in [6.45, 7) is 5.47. The van der Waals surface area contributed by atoms with Crippen molar-refractivity contribution >= 4 is 17.3 Å². The second kappa shape index (κ2) is 5.53. The molecule has 1 aliphatic rings. The molecule has 1 heterocycles. The van der Waals surface area contributed by atoms with Gasteiger partial charge in [-0.25, -0.2) is 0 Å². The van der Waals surface area contributed by atoms with Crippen molar-refractivity contribution < 1.29 is 4.74 Å². The first-order valence-corrected chi connectivity index (χ1v) is 5.96. The molecule has 1 aliphatic heterocycles. The normalized spacial score (nSPS) is 20.8. The van der Waals surface area contributed by atoms with Crippen molar-refractivity contribution in [2.45, 2.75) is 13.0 Å². The van der Waals surface area contributed by atoms with E-state index in [9.17, 15) is 0 Å². The number of hydrogen-bond donors (Lipinski definition) is 2. The van der Waals surface area contributed by atoms with Crippen molar-refractivity contribution in [3.05, 3.63) is 28.8 Å². The standard InChI is InChI=1S/C12H17ClN2O/c1-9-2-3-10(6-12(9)13)15-8-11-7-14-4-5-16-11/h2-3,6,11,14-15H,4-5,7-8H2,1H3. The van der Waals surface area contributed by atoms with E-state index in [1.165, 1.54) is 0 Å². The van der Waals surface area contributed by atoms with Crippen LogP contribution in [0.4, 0.5) is 5.69 Å². The van der Waals surface area contributed by atoms with Crippen LogP contribution >= 0.6 is 11.6 Å². The number of aryl methyl sites for hydroxylation is 1. The van der Waals surface area contributed by atoms with E-state index in [4.69, 9.17) is 16.3 Å². The highest BCUT2D eigenvalue weighted by atomic mass is 35.5. The largest absolute Gasteiger partial charge is 0.382 e. The zero-order chi connectivity index (χ0) is 11.4. The van der Waals surface area contributed by atoms with Crippen molar-refractivity contribution in [1.82, 2.24) is 5.32 Å². The minimum Gasteiger partial charge on any atom is -0.382 e. The van der Waals surface area contributed by atoms with Crippen LogP contribution < -0.4 is 10.6 Å². The Hall–Kier alpha value is -0.770. The number of nitrogens with one attached hydrogen (secondary N) is 2. The number of ether oxygens (including phenoxy) is 1. The smallest absolute Gasteiger partial charge is 0.0872 e. The number of rotatable bonds is 3. The van der Waals surface area contributed by atoms with E-state index in [1.807, 2.05) is 25.1 Å². The highest BCUT2D eigenvalue weighted by Gasteiger charge is 2.12. The third kappa shape index (κ3) is 3.11. The molecule has 1 atom stereocenters. The Bertz CT molecular complexity index is 351. The van der Waals surface area contributed by atoms with Gasteiger partial charge >= 0.3 is 0 Å². The Labute approximate surface area is 101 Å². The molecule has 1 unspecified atom stereocenters. The van der Waals surface area contributed by atoms with Gasteiger partial charge in [-0.1, -0.05) is 17.7 Å². The monoisotopic (exact) mass is 240 g/mol. The number of hydrogen-bond acceptors (Lipinski definition) is 3. The van der Waals surface area contributed by atoms with Gasteiger partial charge in [-0.05, 0) is 24.6 Å². The quantitative estimate of drug-likeness (QED) is 0.849. The predicted octanol–water partition coefficient (Wildman–Crippen LogP) is 2.05. The molecular formula is C12H17ClN2O. The SMILES string of the molecule is Cc1ccc(NCC2CNCCO2)cc1Cl. The third-order valence-corrected chi connectivity index (χ3v) is 3.12. The fraction of sp³-hybridized carbons (Fsp3) is 0.500. The molecule has 2 N–H and O–H groups in total. The number of benzene rings is 1. The van der Waals surface area contributed by atoms with Gasteiger partial charge in [0.2, 0.25) is 0 Å². The highest BCUT2D eigenvalue weighted by molar-refractivity contribution is 6.31. The number of morpholine rings is 1. The first kappa shape index (κ1) is 11.7. The van der Waals surface area contributed by atoms with E-state index >= 15 is 0 Å². The molecule has 16 heavy (non-hydrogen) atoms. The Morgan fingerprint density at radius 2 is 2.44 bits per heavy atom. The Kier molecular flexibility index (Phi) is 4.04. The van der Waals surface area contributed by atoms with Gasteiger partial charge in [0.15, 0.2) is 0 Å². The summed E-state index contributed by atoms with van der Waals surface area (Å²) in [5.74, 6) is 0. The van der Waals surface area contributed by atoms with E-state index in [-0.39, 0.29) is 6.10 Å². The molecule has 4 heteroatoms. The van der Waals surface area contributed by atoms with Gasteiger partial charge in [0.1, 0.15) is 0 Å². The van der Waals surface area contributed by atoms with Crippen LogP contribution in [0.1, 0.15) is 5.56 Å². The fourth-order valence-electron chi connectivity index (χ4n) is 1.69. The summed E-state index contributed by atoms with van der Waals surface area (Å²) in [7, 11) is 0. The van der Waals surface area contributed by atoms with Crippen molar-refractivity contribution in [3.63, 3.8) is 0 Å². The molecule has 2 rings (SSSR count). The number of halogens is 1. The van der Waals surface area contributed by atoms with Gasteiger partial charge in [-0.15, -0.1) is 0 Å². The molecule has 1 aromatic rings. The lowest BCUT2D eigenvalue weighted by atomic mass is 10.2. The van der Waals surface area contributed by atoms with E-state index in [2.05, 4.69) is 10.6 Å². The molecular weight excluding hydrogens is 224 g/mol. The molecule has 0 saturated carbocycles. The van der Waals surface area contributed by atoms with Crippen molar-refractivity contribution in [3.8, 4) is 0 Å². The molecule has 88 valence electrons. The molecule has 3 nitrogen and oxygen atoms in total. The molecule has 0 spiro atoms. The zero-order valence-corrected chi connectivity index (χ0v) is 10.2. The molecule has 1 aromatic carbocycles. The summed E-state index contributed by atoms with van der Waals surface area (Å²) in [6, 6.07) is 6.01. The maximum Gasteiger partial charge on any atom is 0.0872 e. The van der Waals surface area contributed by atoms with Crippen LogP contribution in [-0.4, -0.2) is 32.3 Å². The molecule has 1 fully saturated rings. The highest BCUT2D eigenvalue weighted by Crippen LogP contribution is 2.19. The fourth-order valence-corrected chi connectivity index (χ4v) is 1.87. The average Bonchev–Trinajstić information content (AvgIpc) is 2.32. The van der Waals surface area contributed by atoms with Gasteiger partial charge in [0.05, 0.1) is 12.7 Å². The lowest BCUT2D eigenvalue weighted by Crippen LogP contribution is -2.42. The topological polar surface area (TPSA) is 33.3 Å². The molecule has 0 bridgehead atoms. The summed E-state index contributed by atoms with van der Waals surface area (Å²) < 4.78 is 5.60. The first-order chi connectivity index (χ1) is 7.75. The zero-order valence-electron chi connectivity index (χ0n) is 9.42. The lowest BCUT2D eigenvalue weighted by Gasteiger charge is -2.24. The van der Waals surface area contributed by atoms with Crippen molar-refractivity contribution in [1.29, 1.82) is 0 Å². The summed E-state index contributed by atoms with van der Waals surface area (Å²) >= 11 is 6.05. The van der Waals surface area contributed by atoms with Crippen LogP contribution in [0.2, 0.25) is 5.02 Å². The van der Waals surface area contributed by atoms with Gasteiger partial charge in [0.25, 0.3) is 0 Å². The van der Waals surface area contributed by atoms with Crippen molar-refractivity contribution in [2.75, 3.05) is 31.6 Å². The van der Waals surface area contributed by atoms with Gasteiger partial charge in [0, 0.05) is 30.3 Å². The summed E-state index contributed by atoms with van der Waals surface area (Å²) in [5.41, 5.74) is 2.15. The second-order valence-corrected chi connectivity index (χ2v) is 4.45. The molecule has 0 amide bonds. The summed E-state index contributed by atoms with van der Waals surface area (Å²) in [5, 5.41) is 7.43. The first-order valence-electron chi connectivity index (χ1n) is 5.58. The maximum absolute atomic E-state index is 6.05. The Balaban J connectivity index is 1.86. The maximum atomic E-state index is 6.05. The van der Waals surface area contributed by atoms with Crippen LogP contribution in [-0.2, 0) is 4.74 Å². The van der Waals surface area contributed by atoms with Gasteiger partial charge in [-0.3, -0.25) is 0 Å². The number of anilines is 1. The van der Waals surface area contributed by atoms with Crippen LogP contribution in [0.15, 0.2) is 18.2 Å². The second-order valence-electron chi connectivity index (χ2n) is 4.04. The van der Waals surface area contributed by atoms with E-state index < -0.39 is 0 Å². The van der Waals surface area contributed by atoms with Crippen LogP contribution in [0.5, 0.6) is 0 Å². The van der Waals surface area contributed by atoms with Gasteiger partial charge < -0.3 is 15.4 Å². The average molecular weight is 241 g/mol. The predicted molar refractivity (Wildman–Crippen MR) is 67.3 cm³/mol. The van der Waals surface area contributed by atoms with Crippen LogP contribution in [0.3, 0.4) is 0 Å². The minimum absolute atomic E-state index is 0.244. The molecule has 0 aliphatic carbocycles. The Morgan fingerprint density at radius 3 is 3.12 bits per heavy atom. The lowest BCUT2D eigenvalue weighted by molar-refractivity contribution is 0.0372.